The van der Waals surface area contributed by atoms with Gasteiger partial charge >= 0.3 is 0 Å². The van der Waals surface area contributed by atoms with Gasteiger partial charge in [-0.05, 0) is 42.5 Å². The number of fused-ring (bicyclic) bond motifs is 4. The minimum absolute atomic E-state index is 0.200. The molecule has 3 aromatic heterocycles. The molecule has 0 N–H and O–H groups in total. The number of hydrogen-bond acceptors (Lipinski definition) is 6. The lowest BCUT2D eigenvalue weighted by Gasteiger charge is -2.31. The Balaban J connectivity index is 1.88. The van der Waals surface area contributed by atoms with E-state index >= 15 is 0 Å². The molecule has 0 saturated carbocycles. The van der Waals surface area contributed by atoms with Crippen LogP contribution in [-0.4, -0.2) is 35.2 Å². The summed E-state index contributed by atoms with van der Waals surface area (Å²) >= 11 is 0. The zero-order valence-electron chi connectivity index (χ0n) is 14.4. The second-order valence-electron chi connectivity index (χ2n) is 7.06. The van der Waals surface area contributed by atoms with Crippen molar-refractivity contribution in [2.24, 2.45) is 0 Å². The van der Waals surface area contributed by atoms with E-state index < -0.39 is 0 Å². The van der Waals surface area contributed by atoms with Crippen LogP contribution < -0.4 is 5.56 Å². The average molecular weight is 348 g/mol. The van der Waals surface area contributed by atoms with Gasteiger partial charge in [-0.1, -0.05) is 23.3 Å². The summed E-state index contributed by atoms with van der Waals surface area (Å²) < 4.78 is 8.90. The Morgan fingerprint density at radius 3 is 2.81 bits per heavy atom. The fourth-order valence-corrected chi connectivity index (χ4v) is 3.39. The van der Waals surface area contributed by atoms with Gasteiger partial charge in [0.25, 0.3) is 11.3 Å². The van der Waals surface area contributed by atoms with Crippen LogP contribution >= 0.6 is 0 Å². The highest BCUT2D eigenvalue weighted by atomic mass is 16.5. The zero-order chi connectivity index (χ0) is 17.9. The lowest BCUT2D eigenvalue weighted by molar-refractivity contribution is -0.0411. The Bertz CT molecular complexity index is 1210. The van der Waals surface area contributed by atoms with E-state index in [1.54, 1.807) is 0 Å². The van der Waals surface area contributed by atoms with Crippen molar-refractivity contribution in [2.45, 2.75) is 32.5 Å². The van der Waals surface area contributed by atoms with E-state index in [4.69, 9.17) is 9.72 Å². The monoisotopic (exact) mass is 348 g/mol. The molecule has 0 spiro atoms. The number of rotatable bonds is 1. The van der Waals surface area contributed by atoms with Crippen LogP contribution in [0.25, 0.3) is 22.5 Å². The third-order valence-electron chi connectivity index (χ3n) is 4.68. The topological polar surface area (TPSA) is 87.2 Å². The summed E-state index contributed by atoms with van der Waals surface area (Å²) in [5.41, 5.74) is 2.54. The molecule has 0 bridgehead atoms. The van der Waals surface area contributed by atoms with Crippen molar-refractivity contribution in [2.75, 3.05) is 0 Å². The molecular weight excluding hydrogens is 332 g/mol. The van der Waals surface area contributed by atoms with E-state index in [1.165, 1.54) is 9.08 Å². The van der Waals surface area contributed by atoms with Gasteiger partial charge < -0.3 is 4.74 Å². The molecule has 0 aliphatic carbocycles. The molecule has 1 aliphatic heterocycles. The highest BCUT2D eigenvalue weighted by molar-refractivity contribution is 5.78. The Labute approximate surface area is 148 Å². The minimum atomic E-state index is -0.285. The van der Waals surface area contributed by atoms with Crippen molar-refractivity contribution in [3.63, 3.8) is 0 Å². The Hall–Kier alpha value is -3.13. The normalized spacial score (nSPS) is 16.1. The molecule has 8 nitrogen and oxygen atoms in total. The molecule has 0 amide bonds. The molecule has 0 fully saturated rings. The highest BCUT2D eigenvalue weighted by Gasteiger charge is 2.28. The predicted octanol–water partition coefficient (Wildman–Crippen LogP) is 1.67. The summed E-state index contributed by atoms with van der Waals surface area (Å²) in [5.74, 6) is 0.340. The van der Waals surface area contributed by atoms with Crippen molar-refractivity contribution in [3.8, 4) is 5.69 Å². The summed E-state index contributed by atoms with van der Waals surface area (Å²) in [6.45, 7) is 4.49. The first kappa shape index (κ1) is 15.2. The van der Waals surface area contributed by atoms with Crippen LogP contribution in [0.15, 0.2) is 41.2 Å². The fraction of sp³-hybridized carbons (Fsp3) is 0.278. The van der Waals surface area contributed by atoms with Gasteiger partial charge in [-0.15, -0.1) is 0 Å². The molecule has 0 saturated heterocycles. The molecule has 5 rings (SSSR count). The van der Waals surface area contributed by atoms with E-state index in [2.05, 4.69) is 15.5 Å². The molecule has 0 atom stereocenters. The molecule has 0 unspecified atom stereocenters. The summed E-state index contributed by atoms with van der Waals surface area (Å²) in [5, 5.41) is 12.3. The molecular formula is C18H16N6O2. The zero-order valence-corrected chi connectivity index (χ0v) is 14.4. The second kappa shape index (κ2) is 5.18. The first-order valence-electron chi connectivity index (χ1n) is 8.38. The molecule has 26 heavy (non-hydrogen) atoms. The molecule has 8 heteroatoms. The first-order chi connectivity index (χ1) is 12.5. The number of para-hydroxylation sites is 1. The number of hydrogen-bond donors (Lipinski definition) is 0. The van der Waals surface area contributed by atoms with Gasteiger partial charge in [0.1, 0.15) is 0 Å². The van der Waals surface area contributed by atoms with Crippen LogP contribution in [0.5, 0.6) is 0 Å². The maximum absolute atomic E-state index is 13.2. The van der Waals surface area contributed by atoms with Gasteiger partial charge in [0, 0.05) is 12.0 Å². The van der Waals surface area contributed by atoms with Gasteiger partial charge in [-0.25, -0.2) is 9.55 Å². The number of aromatic nitrogens is 6. The maximum Gasteiger partial charge on any atom is 0.269 e. The van der Waals surface area contributed by atoms with Gasteiger partial charge in [-0.3, -0.25) is 4.79 Å². The van der Waals surface area contributed by atoms with Crippen LogP contribution in [0.4, 0.5) is 0 Å². The average Bonchev–Trinajstić information content (AvgIpc) is 3.10. The lowest BCUT2D eigenvalue weighted by atomic mass is 9.95. The van der Waals surface area contributed by atoms with Crippen molar-refractivity contribution in [1.29, 1.82) is 0 Å². The van der Waals surface area contributed by atoms with E-state index in [1.807, 2.05) is 50.2 Å². The quantitative estimate of drug-likeness (QED) is 0.520. The number of benzene rings is 1. The molecule has 4 aromatic rings. The van der Waals surface area contributed by atoms with Crippen LogP contribution in [0, 0.1) is 0 Å². The third kappa shape index (κ3) is 2.15. The Kier molecular flexibility index (Phi) is 3.02. The van der Waals surface area contributed by atoms with Crippen molar-refractivity contribution in [1.82, 2.24) is 29.6 Å². The number of ether oxygens (including phenoxy) is 1. The fourth-order valence-electron chi connectivity index (χ4n) is 3.39. The number of nitrogens with zero attached hydrogens (tertiary/aromatic N) is 6. The SMILES string of the molecule is CC1(C)Cc2nc3c(cc2CO1)c(=O)n(-c1ccccc1)c1nnnn31. The summed E-state index contributed by atoms with van der Waals surface area (Å²) in [6, 6.07) is 11.2. The lowest BCUT2D eigenvalue weighted by Crippen LogP contribution is -2.33. The number of pyridine rings is 1. The van der Waals surface area contributed by atoms with Crippen LogP contribution in [0.2, 0.25) is 0 Å². The van der Waals surface area contributed by atoms with E-state index in [-0.39, 0.29) is 11.2 Å². The highest BCUT2D eigenvalue weighted by Crippen LogP contribution is 2.28. The van der Waals surface area contributed by atoms with Gasteiger partial charge in [0.05, 0.1) is 29.0 Å². The maximum atomic E-state index is 13.2. The molecule has 130 valence electrons. The summed E-state index contributed by atoms with van der Waals surface area (Å²) in [6.07, 6.45) is 0.670. The Morgan fingerprint density at radius 2 is 2.00 bits per heavy atom. The summed E-state index contributed by atoms with van der Waals surface area (Å²) in [7, 11) is 0. The third-order valence-corrected chi connectivity index (χ3v) is 4.68. The minimum Gasteiger partial charge on any atom is -0.370 e. The second-order valence-corrected chi connectivity index (χ2v) is 7.06. The Morgan fingerprint density at radius 1 is 1.19 bits per heavy atom. The van der Waals surface area contributed by atoms with Crippen molar-refractivity contribution in [3.05, 3.63) is 58.0 Å². The molecule has 1 aromatic carbocycles. The van der Waals surface area contributed by atoms with E-state index in [9.17, 15) is 4.79 Å². The van der Waals surface area contributed by atoms with Crippen molar-refractivity contribution < 1.29 is 4.74 Å². The largest absolute Gasteiger partial charge is 0.370 e. The van der Waals surface area contributed by atoms with E-state index in [0.717, 1.165) is 11.3 Å². The van der Waals surface area contributed by atoms with Gasteiger partial charge in [0.2, 0.25) is 0 Å². The van der Waals surface area contributed by atoms with Gasteiger partial charge in [-0.2, -0.15) is 4.52 Å². The summed E-state index contributed by atoms with van der Waals surface area (Å²) in [4.78, 5) is 18.0. The smallest absolute Gasteiger partial charge is 0.269 e. The number of tetrazole rings is 1. The molecule has 0 radical (unpaired) electrons. The molecule has 4 heterocycles. The van der Waals surface area contributed by atoms with E-state index in [0.29, 0.717) is 35.5 Å². The van der Waals surface area contributed by atoms with Gasteiger partial charge in [0.15, 0.2) is 5.65 Å². The van der Waals surface area contributed by atoms with Crippen LogP contribution in [-0.2, 0) is 17.8 Å². The standard InChI is InChI=1S/C18H16N6O2/c1-18(2)9-14-11(10-26-18)8-13-15(19-14)24-17(20-21-22-24)23(16(13)25)12-6-4-3-5-7-12/h3-8H,9-10H2,1-2H3. The van der Waals surface area contributed by atoms with Crippen LogP contribution in [0.3, 0.4) is 0 Å². The first-order valence-corrected chi connectivity index (χ1v) is 8.38. The van der Waals surface area contributed by atoms with Crippen molar-refractivity contribution >= 4 is 16.8 Å². The predicted molar refractivity (Wildman–Crippen MR) is 94.3 cm³/mol. The molecule has 1 aliphatic rings. The van der Waals surface area contributed by atoms with Crippen LogP contribution in [0.1, 0.15) is 25.1 Å².